The lowest BCUT2D eigenvalue weighted by molar-refractivity contribution is 0.0653. The topological polar surface area (TPSA) is 72.3 Å². The van der Waals surface area contributed by atoms with Gasteiger partial charge in [-0.3, -0.25) is 0 Å². The Labute approximate surface area is 65.0 Å². The first-order valence-corrected chi connectivity index (χ1v) is 3.42. The van der Waals surface area contributed by atoms with E-state index >= 15 is 0 Å². The number of hydrogen-bond donors (Lipinski definition) is 2. The van der Waals surface area contributed by atoms with Crippen molar-refractivity contribution in [1.82, 2.24) is 5.16 Å². The molecule has 0 amide bonds. The second kappa shape index (κ2) is 2.64. The fourth-order valence-corrected chi connectivity index (χ4v) is 0.926. The van der Waals surface area contributed by atoms with Crippen molar-refractivity contribution >= 4 is 0 Å². The van der Waals surface area contributed by atoms with Crippen LogP contribution in [0.25, 0.3) is 0 Å². The molecule has 1 atom stereocenters. The molecule has 0 fully saturated rings. The van der Waals surface area contributed by atoms with E-state index in [1.165, 1.54) is 6.20 Å². The zero-order valence-corrected chi connectivity index (χ0v) is 6.66. The Morgan fingerprint density at radius 1 is 1.82 bits per heavy atom. The minimum absolute atomic E-state index is 0.162. The van der Waals surface area contributed by atoms with Crippen LogP contribution in [0.4, 0.5) is 0 Å². The molecule has 4 heteroatoms. The van der Waals surface area contributed by atoms with Crippen molar-refractivity contribution in [2.45, 2.75) is 19.4 Å². The molecule has 0 bridgehead atoms. The highest BCUT2D eigenvalue weighted by molar-refractivity contribution is 5.20. The molecule has 3 N–H and O–H groups in total. The van der Waals surface area contributed by atoms with Crippen LogP contribution in [0.2, 0.25) is 0 Å². The summed E-state index contributed by atoms with van der Waals surface area (Å²) in [5, 5.41) is 13.2. The van der Waals surface area contributed by atoms with E-state index in [1.54, 1.807) is 13.8 Å². The average molecular weight is 156 g/mol. The average Bonchev–Trinajstić information content (AvgIpc) is 2.36. The summed E-state index contributed by atoms with van der Waals surface area (Å²) in [7, 11) is 0. The van der Waals surface area contributed by atoms with Crippen LogP contribution in [0.1, 0.15) is 18.2 Å². The van der Waals surface area contributed by atoms with Gasteiger partial charge in [-0.05, 0) is 13.8 Å². The third kappa shape index (κ3) is 1.41. The highest BCUT2D eigenvalue weighted by Crippen LogP contribution is 2.21. The van der Waals surface area contributed by atoms with Crippen LogP contribution >= 0.6 is 0 Å². The minimum atomic E-state index is -1.02. The first-order valence-electron chi connectivity index (χ1n) is 3.42. The van der Waals surface area contributed by atoms with Gasteiger partial charge in [0.15, 0.2) is 0 Å². The third-order valence-corrected chi connectivity index (χ3v) is 1.73. The van der Waals surface area contributed by atoms with E-state index < -0.39 is 5.60 Å². The van der Waals surface area contributed by atoms with Gasteiger partial charge >= 0.3 is 0 Å². The summed E-state index contributed by atoms with van der Waals surface area (Å²) in [6, 6.07) is 0. The molecule has 1 rings (SSSR count). The predicted octanol–water partition coefficient (Wildman–Crippen LogP) is 0.149. The number of aromatic nitrogens is 1. The Morgan fingerprint density at radius 3 is 2.82 bits per heavy atom. The summed E-state index contributed by atoms with van der Waals surface area (Å²) < 4.78 is 4.79. The molecule has 1 unspecified atom stereocenters. The van der Waals surface area contributed by atoms with Crippen molar-refractivity contribution in [3.63, 3.8) is 0 Å². The quantitative estimate of drug-likeness (QED) is 0.639. The first-order chi connectivity index (χ1) is 5.08. The SMILES string of the molecule is Cc1oncc1C(C)(O)CN. The van der Waals surface area contributed by atoms with Gasteiger partial charge in [-0.15, -0.1) is 0 Å². The van der Waals surface area contributed by atoms with E-state index in [4.69, 9.17) is 10.3 Å². The van der Waals surface area contributed by atoms with E-state index in [0.717, 1.165) is 0 Å². The highest BCUT2D eigenvalue weighted by atomic mass is 16.5. The van der Waals surface area contributed by atoms with Crippen LogP contribution < -0.4 is 5.73 Å². The molecule has 0 aliphatic rings. The molecule has 0 aromatic carbocycles. The van der Waals surface area contributed by atoms with Gasteiger partial charge in [0.1, 0.15) is 11.4 Å². The summed E-state index contributed by atoms with van der Waals surface area (Å²) in [5.74, 6) is 0.612. The van der Waals surface area contributed by atoms with Crippen LogP contribution in [0.15, 0.2) is 10.7 Å². The van der Waals surface area contributed by atoms with Gasteiger partial charge in [-0.2, -0.15) is 0 Å². The van der Waals surface area contributed by atoms with E-state index in [2.05, 4.69) is 5.16 Å². The minimum Gasteiger partial charge on any atom is -0.384 e. The van der Waals surface area contributed by atoms with Gasteiger partial charge in [0, 0.05) is 12.1 Å². The Kier molecular flexibility index (Phi) is 1.97. The number of hydrogen-bond acceptors (Lipinski definition) is 4. The van der Waals surface area contributed by atoms with E-state index in [9.17, 15) is 5.11 Å². The molecular formula is C7H12N2O2. The molecule has 0 radical (unpaired) electrons. The molecular weight excluding hydrogens is 144 g/mol. The number of nitrogens with zero attached hydrogens (tertiary/aromatic N) is 1. The predicted molar refractivity (Wildman–Crippen MR) is 39.9 cm³/mol. The van der Waals surface area contributed by atoms with Gasteiger partial charge < -0.3 is 15.4 Å². The Balaban J connectivity index is 3.00. The zero-order valence-electron chi connectivity index (χ0n) is 6.66. The molecule has 0 spiro atoms. The number of nitrogens with two attached hydrogens (primary N) is 1. The maximum absolute atomic E-state index is 9.64. The normalized spacial score (nSPS) is 16.4. The van der Waals surface area contributed by atoms with Crippen LogP contribution in [0, 0.1) is 6.92 Å². The van der Waals surface area contributed by atoms with Gasteiger partial charge in [0.2, 0.25) is 0 Å². The van der Waals surface area contributed by atoms with Crippen molar-refractivity contribution in [2.24, 2.45) is 5.73 Å². The zero-order chi connectivity index (χ0) is 8.48. The lowest BCUT2D eigenvalue weighted by Gasteiger charge is -2.18. The number of rotatable bonds is 2. The lowest BCUT2D eigenvalue weighted by Crippen LogP contribution is -2.31. The first kappa shape index (κ1) is 8.23. The van der Waals surface area contributed by atoms with Gasteiger partial charge in [-0.25, -0.2) is 0 Å². The second-order valence-electron chi connectivity index (χ2n) is 2.77. The molecule has 1 heterocycles. The smallest absolute Gasteiger partial charge is 0.139 e. The highest BCUT2D eigenvalue weighted by Gasteiger charge is 2.25. The molecule has 11 heavy (non-hydrogen) atoms. The maximum atomic E-state index is 9.64. The van der Waals surface area contributed by atoms with Gasteiger partial charge in [0.25, 0.3) is 0 Å². The second-order valence-corrected chi connectivity index (χ2v) is 2.77. The molecule has 1 aromatic heterocycles. The molecule has 0 saturated heterocycles. The van der Waals surface area contributed by atoms with E-state index in [0.29, 0.717) is 11.3 Å². The van der Waals surface area contributed by atoms with E-state index in [1.807, 2.05) is 0 Å². The van der Waals surface area contributed by atoms with Crippen molar-refractivity contribution < 1.29 is 9.63 Å². The van der Waals surface area contributed by atoms with Crippen LogP contribution in [0.3, 0.4) is 0 Å². The summed E-state index contributed by atoms with van der Waals surface area (Å²) in [5.41, 5.74) is 4.98. The third-order valence-electron chi connectivity index (χ3n) is 1.73. The van der Waals surface area contributed by atoms with Gasteiger partial charge in [0.05, 0.1) is 6.20 Å². The Bertz CT molecular complexity index is 242. The lowest BCUT2D eigenvalue weighted by atomic mass is 9.98. The summed E-state index contributed by atoms with van der Waals surface area (Å²) >= 11 is 0. The Hall–Kier alpha value is -0.870. The standard InChI is InChI=1S/C7H12N2O2/c1-5-6(3-9-11-5)7(2,10)4-8/h3,10H,4,8H2,1-2H3. The number of aryl methyl sites for hydroxylation is 1. The van der Waals surface area contributed by atoms with Crippen molar-refractivity contribution in [3.05, 3.63) is 17.5 Å². The summed E-state index contributed by atoms with van der Waals surface area (Å²) in [4.78, 5) is 0. The molecule has 0 aliphatic heterocycles. The van der Waals surface area contributed by atoms with E-state index in [-0.39, 0.29) is 6.54 Å². The Morgan fingerprint density at radius 2 is 2.45 bits per heavy atom. The van der Waals surface area contributed by atoms with Crippen LogP contribution in [-0.4, -0.2) is 16.8 Å². The summed E-state index contributed by atoms with van der Waals surface area (Å²) in [6.45, 7) is 3.54. The number of aliphatic hydroxyl groups is 1. The van der Waals surface area contributed by atoms with Crippen LogP contribution in [-0.2, 0) is 5.60 Å². The molecule has 1 aromatic rings. The maximum Gasteiger partial charge on any atom is 0.139 e. The molecule has 4 nitrogen and oxygen atoms in total. The van der Waals surface area contributed by atoms with Gasteiger partial charge in [-0.1, -0.05) is 5.16 Å². The van der Waals surface area contributed by atoms with Crippen molar-refractivity contribution in [1.29, 1.82) is 0 Å². The van der Waals surface area contributed by atoms with Crippen LogP contribution in [0.5, 0.6) is 0 Å². The molecule has 62 valence electrons. The van der Waals surface area contributed by atoms with Crippen molar-refractivity contribution in [2.75, 3.05) is 6.54 Å². The largest absolute Gasteiger partial charge is 0.384 e. The summed E-state index contributed by atoms with van der Waals surface area (Å²) in [6.07, 6.45) is 1.49. The fraction of sp³-hybridized carbons (Fsp3) is 0.571. The monoisotopic (exact) mass is 156 g/mol. The molecule has 0 saturated carbocycles. The fourth-order valence-electron chi connectivity index (χ4n) is 0.926. The molecule has 0 aliphatic carbocycles. The van der Waals surface area contributed by atoms with Crippen molar-refractivity contribution in [3.8, 4) is 0 Å².